The molecule has 0 spiro atoms. The zero-order chi connectivity index (χ0) is 14.8. The van der Waals surface area contributed by atoms with Crippen molar-refractivity contribution >= 4 is 11.6 Å². The number of aryl methyl sites for hydroxylation is 1. The average Bonchev–Trinajstić information content (AvgIpc) is 2.70. The van der Waals surface area contributed by atoms with Gasteiger partial charge in [-0.25, -0.2) is 0 Å². The van der Waals surface area contributed by atoms with E-state index in [4.69, 9.17) is 5.73 Å². The highest BCUT2D eigenvalue weighted by Crippen LogP contribution is 2.34. The Kier molecular flexibility index (Phi) is 4.27. The topological polar surface area (TPSA) is 58.4 Å². The fourth-order valence-electron chi connectivity index (χ4n) is 3.81. The maximum Gasteiger partial charge on any atom is 0.238 e. The van der Waals surface area contributed by atoms with Crippen molar-refractivity contribution in [3.63, 3.8) is 0 Å². The molecule has 4 nitrogen and oxygen atoms in total. The van der Waals surface area contributed by atoms with Gasteiger partial charge >= 0.3 is 0 Å². The van der Waals surface area contributed by atoms with E-state index < -0.39 is 0 Å². The minimum absolute atomic E-state index is 0.0932. The summed E-state index contributed by atoms with van der Waals surface area (Å²) in [6, 6.07) is 9.43. The average molecular weight is 287 g/mol. The first-order valence-electron chi connectivity index (χ1n) is 8.06. The number of rotatable bonds is 4. The molecule has 3 N–H and O–H groups in total. The molecule has 0 aliphatic carbocycles. The fourth-order valence-corrected chi connectivity index (χ4v) is 3.81. The van der Waals surface area contributed by atoms with E-state index in [1.54, 1.807) is 0 Å². The molecule has 0 aromatic heterocycles. The lowest BCUT2D eigenvalue weighted by Gasteiger charge is -2.37. The molecule has 4 heteroatoms. The molecular formula is C17H25N3O. The van der Waals surface area contributed by atoms with Crippen molar-refractivity contribution in [1.29, 1.82) is 0 Å². The molecule has 2 aliphatic heterocycles. The van der Waals surface area contributed by atoms with Crippen LogP contribution in [-0.4, -0.2) is 35.5 Å². The van der Waals surface area contributed by atoms with Crippen LogP contribution < -0.4 is 11.1 Å². The Morgan fingerprint density at radius 3 is 2.71 bits per heavy atom. The molecule has 2 atom stereocenters. The molecule has 1 aromatic carbocycles. The Bertz CT molecular complexity index is 503. The van der Waals surface area contributed by atoms with E-state index in [1.165, 1.54) is 18.4 Å². The summed E-state index contributed by atoms with van der Waals surface area (Å²) in [6.07, 6.45) is 5.44. The predicted molar refractivity (Wildman–Crippen MR) is 85.2 cm³/mol. The van der Waals surface area contributed by atoms with Crippen LogP contribution in [0.25, 0.3) is 0 Å². The first-order chi connectivity index (χ1) is 10.2. The van der Waals surface area contributed by atoms with Crippen LogP contribution in [0.5, 0.6) is 0 Å². The maximum absolute atomic E-state index is 12.3. The number of nitrogens with one attached hydrogen (secondary N) is 1. The molecule has 0 saturated carbocycles. The number of hydrogen-bond acceptors (Lipinski definition) is 3. The molecule has 2 bridgehead atoms. The third-order valence-corrected chi connectivity index (χ3v) is 4.87. The third kappa shape index (κ3) is 3.27. The Morgan fingerprint density at radius 1 is 1.33 bits per heavy atom. The second-order valence-corrected chi connectivity index (χ2v) is 6.39. The number of carbonyl (C=O) groups excluding carboxylic acids is 1. The minimum atomic E-state index is 0.0932. The van der Waals surface area contributed by atoms with Crippen LogP contribution in [0, 0.1) is 0 Å². The smallest absolute Gasteiger partial charge is 0.238 e. The van der Waals surface area contributed by atoms with Gasteiger partial charge in [0.15, 0.2) is 0 Å². The molecule has 1 aromatic rings. The van der Waals surface area contributed by atoms with Crippen LogP contribution in [0.15, 0.2) is 24.3 Å². The van der Waals surface area contributed by atoms with Crippen molar-refractivity contribution in [3.05, 3.63) is 29.8 Å². The lowest BCUT2D eigenvalue weighted by Crippen LogP contribution is -2.49. The summed E-state index contributed by atoms with van der Waals surface area (Å²) >= 11 is 0. The molecule has 3 rings (SSSR count). The van der Waals surface area contributed by atoms with E-state index >= 15 is 0 Å². The summed E-state index contributed by atoms with van der Waals surface area (Å²) in [5.74, 6) is 0.0932. The standard InChI is InChI=1S/C17H25N3O/c1-2-12-4-3-5-14(8-12)19-17(21)11-20-15-6-7-16(20)10-13(18)9-15/h3-5,8,13,15-16H,2,6-7,9-11,18H2,1H3,(H,19,21). The van der Waals surface area contributed by atoms with Crippen LogP contribution in [0.2, 0.25) is 0 Å². The molecule has 1 amide bonds. The Balaban J connectivity index is 1.59. The monoisotopic (exact) mass is 287 g/mol. The van der Waals surface area contributed by atoms with Crippen molar-refractivity contribution < 1.29 is 4.79 Å². The summed E-state index contributed by atoms with van der Waals surface area (Å²) in [4.78, 5) is 14.7. The van der Waals surface area contributed by atoms with Crippen molar-refractivity contribution in [2.24, 2.45) is 5.73 Å². The van der Waals surface area contributed by atoms with Gasteiger partial charge in [-0.15, -0.1) is 0 Å². The van der Waals surface area contributed by atoms with E-state index in [0.29, 0.717) is 24.7 Å². The number of nitrogens with zero attached hydrogens (tertiary/aromatic N) is 1. The van der Waals surface area contributed by atoms with Gasteiger partial charge < -0.3 is 11.1 Å². The van der Waals surface area contributed by atoms with E-state index in [9.17, 15) is 4.79 Å². The molecule has 2 unspecified atom stereocenters. The molecule has 21 heavy (non-hydrogen) atoms. The van der Waals surface area contributed by atoms with E-state index in [1.807, 2.05) is 12.1 Å². The Hall–Kier alpha value is -1.39. The number of anilines is 1. The van der Waals surface area contributed by atoms with Crippen molar-refractivity contribution in [2.75, 3.05) is 11.9 Å². The summed E-state index contributed by atoms with van der Waals surface area (Å²) in [6.45, 7) is 2.62. The number of hydrogen-bond donors (Lipinski definition) is 2. The van der Waals surface area contributed by atoms with Gasteiger partial charge in [0.2, 0.25) is 5.91 Å². The SMILES string of the molecule is CCc1cccc(NC(=O)CN2C3CCC2CC(N)C3)c1. The van der Waals surface area contributed by atoms with E-state index in [0.717, 1.165) is 24.9 Å². The normalized spacial score (nSPS) is 28.6. The number of carbonyl (C=O) groups is 1. The highest BCUT2D eigenvalue weighted by molar-refractivity contribution is 5.92. The van der Waals surface area contributed by atoms with Gasteiger partial charge in [-0.2, -0.15) is 0 Å². The summed E-state index contributed by atoms with van der Waals surface area (Å²) in [5, 5.41) is 3.03. The number of amides is 1. The zero-order valence-corrected chi connectivity index (χ0v) is 12.7. The first-order valence-corrected chi connectivity index (χ1v) is 8.06. The number of nitrogens with two attached hydrogens (primary N) is 1. The van der Waals surface area contributed by atoms with Crippen LogP contribution in [0.3, 0.4) is 0 Å². The Morgan fingerprint density at radius 2 is 2.05 bits per heavy atom. The second kappa shape index (κ2) is 6.16. The van der Waals surface area contributed by atoms with Crippen molar-refractivity contribution in [1.82, 2.24) is 4.90 Å². The largest absolute Gasteiger partial charge is 0.328 e. The quantitative estimate of drug-likeness (QED) is 0.892. The molecule has 2 fully saturated rings. The maximum atomic E-state index is 12.3. The Labute approximate surface area is 126 Å². The van der Waals surface area contributed by atoms with Gasteiger partial charge in [-0.3, -0.25) is 9.69 Å². The van der Waals surface area contributed by atoms with Gasteiger partial charge in [0.25, 0.3) is 0 Å². The number of fused-ring (bicyclic) bond motifs is 2. The highest BCUT2D eigenvalue weighted by Gasteiger charge is 2.40. The van der Waals surface area contributed by atoms with Gasteiger partial charge in [-0.1, -0.05) is 19.1 Å². The van der Waals surface area contributed by atoms with Gasteiger partial charge in [0.05, 0.1) is 6.54 Å². The molecule has 114 valence electrons. The molecule has 0 radical (unpaired) electrons. The zero-order valence-electron chi connectivity index (χ0n) is 12.7. The van der Waals surface area contributed by atoms with Crippen LogP contribution >= 0.6 is 0 Å². The van der Waals surface area contributed by atoms with Crippen LogP contribution in [-0.2, 0) is 11.2 Å². The van der Waals surface area contributed by atoms with Gasteiger partial charge in [-0.05, 0) is 49.8 Å². The number of piperidine rings is 1. The fraction of sp³-hybridized carbons (Fsp3) is 0.588. The highest BCUT2D eigenvalue weighted by atomic mass is 16.2. The molecule has 2 heterocycles. The second-order valence-electron chi connectivity index (χ2n) is 6.39. The summed E-state index contributed by atoms with van der Waals surface area (Å²) in [5.41, 5.74) is 8.23. The van der Waals surface area contributed by atoms with Crippen molar-refractivity contribution in [2.45, 2.75) is 57.2 Å². The van der Waals surface area contributed by atoms with Crippen LogP contribution in [0.4, 0.5) is 5.69 Å². The molecular weight excluding hydrogens is 262 g/mol. The summed E-state index contributed by atoms with van der Waals surface area (Å²) < 4.78 is 0. The van der Waals surface area contributed by atoms with Gasteiger partial charge in [0, 0.05) is 23.8 Å². The van der Waals surface area contributed by atoms with E-state index in [-0.39, 0.29) is 5.91 Å². The van der Waals surface area contributed by atoms with Gasteiger partial charge in [0.1, 0.15) is 0 Å². The summed E-state index contributed by atoms with van der Waals surface area (Å²) in [7, 11) is 0. The van der Waals surface area contributed by atoms with E-state index in [2.05, 4.69) is 29.3 Å². The molecule has 2 aliphatic rings. The van der Waals surface area contributed by atoms with Crippen LogP contribution in [0.1, 0.15) is 38.2 Å². The van der Waals surface area contributed by atoms with Crippen molar-refractivity contribution in [3.8, 4) is 0 Å². The first kappa shape index (κ1) is 14.5. The third-order valence-electron chi connectivity index (χ3n) is 4.87. The lowest BCUT2D eigenvalue weighted by atomic mass is 9.98. The minimum Gasteiger partial charge on any atom is -0.328 e. The lowest BCUT2D eigenvalue weighted by molar-refractivity contribution is -0.118. The molecule has 2 saturated heterocycles. The number of benzene rings is 1. The predicted octanol–water partition coefficient (Wildman–Crippen LogP) is 2.14.